The van der Waals surface area contributed by atoms with Gasteiger partial charge in [-0.25, -0.2) is 0 Å². The molecule has 3 aromatic heterocycles. The van der Waals surface area contributed by atoms with Gasteiger partial charge in [0.15, 0.2) is 0 Å². The van der Waals surface area contributed by atoms with Crippen LogP contribution in [0.4, 0.5) is 0 Å². The van der Waals surface area contributed by atoms with E-state index in [-0.39, 0.29) is 5.92 Å². The van der Waals surface area contributed by atoms with Crippen LogP contribution >= 0.6 is 0 Å². The zero-order valence-corrected chi connectivity index (χ0v) is 12.8. The number of hydrogen-bond acceptors (Lipinski definition) is 5. The Kier molecular flexibility index (Phi) is 3.90. The van der Waals surface area contributed by atoms with Gasteiger partial charge in [-0.3, -0.25) is 4.98 Å². The molecule has 0 aliphatic carbocycles. The summed E-state index contributed by atoms with van der Waals surface area (Å²) in [6, 6.07) is 7.99. The molecule has 6 nitrogen and oxygen atoms in total. The number of hydrogen-bond donors (Lipinski definition) is 0. The molecule has 1 aliphatic rings. The normalized spacial score (nSPS) is 18.2. The third-order valence-electron chi connectivity index (χ3n) is 4.10. The van der Waals surface area contributed by atoms with E-state index in [1.807, 2.05) is 30.5 Å². The van der Waals surface area contributed by atoms with E-state index in [2.05, 4.69) is 19.7 Å². The molecule has 4 rings (SSSR count). The molecule has 0 saturated carbocycles. The Hall–Kier alpha value is -2.47. The van der Waals surface area contributed by atoms with Crippen LogP contribution in [0.5, 0.6) is 0 Å². The quantitative estimate of drug-likeness (QED) is 0.741. The highest BCUT2D eigenvalue weighted by Gasteiger charge is 2.23. The lowest BCUT2D eigenvalue weighted by atomic mass is 10.0. The lowest BCUT2D eigenvalue weighted by Crippen LogP contribution is -2.15. The summed E-state index contributed by atoms with van der Waals surface area (Å²) in [5.41, 5.74) is 2.11. The van der Waals surface area contributed by atoms with Gasteiger partial charge in [-0.2, -0.15) is 0 Å². The van der Waals surface area contributed by atoms with Gasteiger partial charge in [0.2, 0.25) is 5.89 Å². The van der Waals surface area contributed by atoms with Gasteiger partial charge in [0.1, 0.15) is 5.69 Å². The van der Waals surface area contributed by atoms with Crippen LogP contribution < -0.4 is 0 Å². The van der Waals surface area contributed by atoms with Crippen LogP contribution in [-0.4, -0.2) is 33.0 Å². The summed E-state index contributed by atoms with van der Waals surface area (Å²) in [7, 11) is 0. The Balaban J connectivity index is 1.57. The van der Waals surface area contributed by atoms with E-state index in [0.29, 0.717) is 18.4 Å². The zero-order valence-electron chi connectivity index (χ0n) is 12.8. The van der Waals surface area contributed by atoms with E-state index in [1.165, 1.54) is 5.56 Å². The van der Waals surface area contributed by atoms with Crippen LogP contribution in [0.15, 0.2) is 47.3 Å². The van der Waals surface area contributed by atoms with Crippen molar-refractivity contribution in [1.82, 2.24) is 19.7 Å². The first-order valence-electron chi connectivity index (χ1n) is 7.86. The first kappa shape index (κ1) is 14.1. The minimum atomic E-state index is 0.216. The molecule has 0 amide bonds. The molecule has 23 heavy (non-hydrogen) atoms. The molecule has 1 atom stereocenters. The molecule has 0 bridgehead atoms. The molecule has 3 aromatic rings. The fourth-order valence-corrected chi connectivity index (χ4v) is 2.87. The molecule has 118 valence electrons. The average Bonchev–Trinajstić information content (AvgIpc) is 3.25. The summed E-state index contributed by atoms with van der Waals surface area (Å²) in [5, 5.41) is 8.45. The Morgan fingerprint density at radius 1 is 1.17 bits per heavy atom. The van der Waals surface area contributed by atoms with Crippen LogP contribution in [0.3, 0.4) is 0 Å². The van der Waals surface area contributed by atoms with Crippen LogP contribution in [0.2, 0.25) is 0 Å². The second-order valence-corrected chi connectivity index (χ2v) is 5.74. The van der Waals surface area contributed by atoms with Gasteiger partial charge >= 0.3 is 0 Å². The molecule has 0 N–H and O–H groups in total. The number of pyridine rings is 1. The van der Waals surface area contributed by atoms with Gasteiger partial charge in [-0.15, -0.1) is 10.2 Å². The molecule has 4 heterocycles. The molecule has 1 fully saturated rings. The van der Waals surface area contributed by atoms with E-state index in [4.69, 9.17) is 9.15 Å². The van der Waals surface area contributed by atoms with Crippen LogP contribution in [0.1, 0.15) is 30.2 Å². The summed E-state index contributed by atoms with van der Waals surface area (Å²) in [5.74, 6) is 1.45. The topological polar surface area (TPSA) is 66.0 Å². The summed E-state index contributed by atoms with van der Waals surface area (Å²) < 4.78 is 13.5. The number of rotatable bonds is 4. The molecule has 1 aliphatic heterocycles. The molecular weight excluding hydrogens is 292 g/mol. The molecule has 1 saturated heterocycles. The molecule has 0 radical (unpaired) electrons. The first-order valence-corrected chi connectivity index (χ1v) is 7.86. The van der Waals surface area contributed by atoms with E-state index in [1.54, 1.807) is 12.4 Å². The second kappa shape index (κ2) is 6.34. The van der Waals surface area contributed by atoms with Crippen molar-refractivity contribution in [2.75, 3.05) is 13.2 Å². The first-order chi connectivity index (χ1) is 11.4. The van der Waals surface area contributed by atoms with Gasteiger partial charge < -0.3 is 13.7 Å². The lowest BCUT2D eigenvalue weighted by molar-refractivity contribution is 0.0727. The summed E-state index contributed by atoms with van der Waals surface area (Å²) in [6.45, 7) is 2.24. The van der Waals surface area contributed by atoms with Gasteiger partial charge in [0.05, 0.1) is 12.5 Å². The highest BCUT2D eigenvalue weighted by atomic mass is 16.5. The third-order valence-corrected chi connectivity index (χ3v) is 4.10. The maximum absolute atomic E-state index is 5.91. The highest BCUT2D eigenvalue weighted by molar-refractivity contribution is 5.48. The maximum Gasteiger partial charge on any atom is 0.264 e. The summed E-state index contributed by atoms with van der Waals surface area (Å²) in [4.78, 5) is 4.05. The molecule has 1 unspecified atom stereocenters. The maximum atomic E-state index is 5.91. The van der Waals surface area contributed by atoms with Crippen LogP contribution in [0, 0.1) is 0 Å². The lowest BCUT2D eigenvalue weighted by Gasteiger charge is -2.18. The van der Waals surface area contributed by atoms with Crippen LogP contribution in [0.25, 0.3) is 11.6 Å². The third kappa shape index (κ3) is 3.03. The summed E-state index contributed by atoms with van der Waals surface area (Å²) >= 11 is 0. The van der Waals surface area contributed by atoms with Crippen molar-refractivity contribution in [3.05, 3.63) is 54.3 Å². The van der Waals surface area contributed by atoms with Crippen molar-refractivity contribution in [3.8, 4) is 11.6 Å². The predicted octanol–water partition coefficient (Wildman–Crippen LogP) is 2.88. The monoisotopic (exact) mass is 310 g/mol. The van der Waals surface area contributed by atoms with Gasteiger partial charge in [0.25, 0.3) is 5.89 Å². The number of ether oxygens (including phenoxy) is 1. The Morgan fingerprint density at radius 2 is 2.09 bits per heavy atom. The SMILES string of the molecule is c1cc(-c2nnc(C3CCCOC3)o2)n(Cc2ccncc2)c1. The fourth-order valence-electron chi connectivity index (χ4n) is 2.87. The summed E-state index contributed by atoms with van der Waals surface area (Å²) in [6.07, 6.45) is 7.70. The van der Waals surface area contributed by atoms with Crippen molar-refractivity contribution in [2.24, 2.45) is 0 Å². The van der Waals surface area contributed by atoms with E-state index < -0.39 is 0 Å². The largest absolute Gasteiger partial charge is 0.419 e. The van der Waals surface area contributed by atoms with Gasteiger partial charge in [0, 0.05) is 31.7 Å². The standard InChI is InChI=1S/C17H18N4O2/c1-4-15(21(9-1)11-13-5-7-18-8-6-13)17-20-19-16(23-17)14-3-2-10-22-12-14/h1,4-9,14H,2-3,10-12H2. The van der Waals surface area contributed by atoms with Gasteiger partial charge in [-0.05, 0) is 42.7 Å². The second-order valence-electron chi connectivity index (χ2n) is 5.74. The average molecular weight is 310 g/mol. The molecule has 0 aromatic carbocycles. The van der Waals surface area contributed by atoms with Gasteiger partial charge in [-0.1, -0.05) is 0 Å². The van der Waals surface area contributed by atoms with E-state index >= 15 is 0 Å². The minimum absolute atomic E-state index is 0.216. The molecule has 6 heteroatoms. The van der Waals surface area contributed by atoms with E-state index in [0.717, 1.165) is 31.7 Å². The van der Waals surface area contributed by atoms with Crippen molar-refractivity contribution in [2.45, 2.75) is 25.3 Å². The fraction of sp³-hybridized carbons (Fsp3) is 0.353. The Labute approximate surface area is 134 Å². The Bertz CT molecular complexity index is 760. The number of nitrogens with zero attached hydrogens (tertiary/aromatic N) is 4. The molecular formula is C17H18N4O2. The van der Waals surface area contributed by atoms with Crippen molar-refractivity contribution >= 4 is 0 Å². The van der Waals surface area contributed by atoms with E-state index in [9.17, 15) is 0 Å². The Morgan fingerprint density at radius 3 is 2.91 bits per heavy atom. The predicted molar refractivity (Wildman–Crippen MR) is 83.9 cm³/mol. The molecule has 0 spiro atoms. The highest BCUT2D eigenvalue weighted by Crippen LogP contribution is 2.27. The number of aromatic nitrogens is 4. The van der Waals surface area contributed by atoms with Crippen molar-refractivity contribution in [1.29, 1.82) is 0 Å². The van der Waals surface area contributed by atoms with Crippen molar-refractivity contribution < 1.29 is 9.15 Å². The van der Waals surface area contributed by atoms with Crippen molar-refractivity contribution in [3.63, 3.8) is 0 Å². The minimum Gasteiger partial charge on any atom is -0.419 e. The zero-order chi connectivity index (χ0) is 15.5. The smallest absolute Gasteiger partial charge is 0.264 e. The van der Waals surface area contributed by atoms with Crippen LogP contribution in [-0.2, 0) is 11.3 Å².